The lowest BCUT2D eigenvalue weighted by Crippen LogP contribution is -2.20. The number of ketones is 1. The van der Waals surface area contributed by atoms with Gasteiger partial charge in [-0.1, -0.05) is 12.1 Å². The number of carbonyl (C=O) groups is 2. The van der Waals surface area contributed by atoms with Crippen LogP contribution in [-0.4, -0.2) is 11.8 Å². The van der Waals surface area contributed by atoms with Gasteiger partial charge >= 0.3 is 6.03 Å². The Morgan fingerprint density at radius 2 is 1.92 bits per heavy atom. The fourth-order valence-electron chi connectivity index (χ4n) is 1.03. The molecule has 0 aliphatic rings. The monoisotopic (exact) mass is 178 g/mol. The maximum Gasteiger partial charge on any atom is 0.316 e. The summed E-state index contributed by atoms with van der Waals surface area (Å²) in [5.74, 6) is -0.107. The molecule has 3 N–H and O–H groups in total. The van der Waals surface area contributed by atoms with Crippen LogP contribution in [0, 0.1) is 0 Å². The Morgan fingerprint density at radius 3 is 2.46 bits per heavy atom. The highest BCUT2D eigenvalue weighted by atomic mass is 16.2. The van der Waals surface area contributed by atoms with Gasteiger partial charge in [0.15, 0.2) is 5.78 Å². The predicted octanol–water partition coefficient (Wildman–Crippen LogP) is 1.38. The number of Topliss-reactive ketones (excluding diaryl/α,β-unsaturated/α-hetero) is 1. The Kier molecular flexibility index (Phi) is 2.64. The van der Waals surface area contributed by atoms with Gasteiger partial charge in [-0.25, -0.2) is 4.79 Å². The second-order valence-electron chi connectivity index (χ2n) is 2.59. The lowest BCUT2D eigenvalue weighted by atomic mass is 10.1. The Hall–Kier alpha value is -1.84. The summed E-state index contributed by atoms with van der Waals surface area (Å²) in [7, 11) is 0. The lowest BCUT2D eigenvalue weighted by molar-refractivity contribution is 0.101. The van der Waals surface area contributed by atoms with Crippen molar-refractivity contribution in [3.63, 3.8) is 0 Å². The van der Waals surface area contributed by atoms with Crippen LogP contribution in [0.1, 0.15) is 17.3 Å². The minimum Gasteiger partial charge on any atom is -0.351 e. The molecule has 1 aromatic carbocycles. The Balaban J connectivity index is 3.04. The van der Waals surface area contributed by atoms with Gasteiger partial charge in [0.2, 0.25) is 0 Å². The third-order valence-corrected chi connectivity index (χ3v) is 1.56. The second kappa shape index (κ2) is 3.71. The van der Waals surface area contributed by atoms with Gasteiger partial charge in [-0.05, 0) is 19.1 Å². The molecule has 0 atom stereocenters. The quantitative estimate of drug-likeness (QED) is 0.671. The minimum absolute atomic E-state index is 0.107. The van der Waals surface area contributed by atoms with E-state index in [0.29, 0.717) is 11.3 Å². The number of benzene rings is 1. The SMILES string of the molecule is CC(=O)c1ccccc1NC(N)=O. The molecule has 2 amide bonds. The average molecular weight is 178 g/mol. The van der Waals surface area contributed by atoms with Gasteiger partial charge in [-0.2, -0.15) is 0 Å². The molecular weight excluding hydrogens is 168 g/mol. The van der Waals surface area contributed by atoms with Gasteiger partial charge in [-0.15, -0.1) is 0 Å². The minimum atomic E-state index is -0.672. The molecule has 0 radical (unpaired) electrons. The zero-order chi connectivity index (χ0) is 9.84. The van der Waals surface area contributed by atoms with Gasteiger partial charge in [0.25, 0.3) is 0 Å². The van der Waals surface area contributed by atoms with Gasteiger partial charge in [-0.3, -0.25) is 4.79 Å². The first-order valence-electron chi connectivity index (χ1n) is 3.77. The number of rotatable bonds is 2. The predicted molar refractivity (Wildman–Crippen MR) is 49.7 cm³/mol. The number of para-hydroxylation sites is 1. The van der Waals surface area contributed by atoms with Crippen molar-refractivity contribution < 1.29 is 9.59 Å². The third-order valence-electron chi connectivity index (χ3n) is 1.56. The molecule has 0 bridgehead atoms. The first-order chi connectivity index (χ1) is 6.11. The first-order valence-corrected chi connectivity index (χ1v) is 3.77. The Labute approximate surface area is 75.7 Å². The molecule has 0 saturated heterocycles. The van der Waals surface area contributed by atoms with Crippen molar-refractivity contribution in [1.82, 2.24) is 0 Å². The van der Waals surface area contributed by atoms with Crippen molar-refractivity contribution in [2.24, 2.45) is 5.73 Å². The van der Waals surface area contributed by atoms with Gasteiger partial charge in [0.05, 0.1) is 5.69 Å². The molecule has 13 heavy (non-hydrogen) atoms. The van der Waals surface area contributed by atoms with Crippen LogP contribution in [0.3, 0.4) is 0 Å². The summed E-state index contributed by atoms with van der Waals surface area (Å²) in [5, 5.41) is 2.37. The number of primary amides is 1. The molecule has 0 aliphatic carbocycles. The molecule has 68 valence electrons. The van der Waals surface area contributed by atoms with E-state index in [0.717, 1.165) is 0 Å². The number of nitrogens with one attached hydrogen (secondary N) is 1. The molecule has 0 aromatic heterocycles. The Bertz CT molecular complexity index is 347. The summed E-state index contributed by atoms with van der Waals surface area (Å²) < 4.78 is 0. The van der Waals surface area contributed by atoms with Gasteiger partial charge in [0, 0.05) is 5.56 Å². The number of nitrogens with two attached hydrogens (primary N) is 1. The normalized spacial score (nSPS) is 9.31. The molecule has 0 fully saturated rings. The largest absolute Gasteiger partial charge is 0.351 e. The van der Waals surface area contributed by atoms with Crippen molar-refractivity contribution in [3.8, 4) is 0 Å². The van der Waals surface area contributed by atoms with Crippen LogP contribution in [0.2, 0.25) is 0 Å². The van der Waals surface area contributed by atoms with E-state index in [1.807, 2.05) is 0 Å². The van der Waals surface area contributed by atoms with Crippen molar-refractivity contribution in [2.75, 3.05) is 5.32 Å². The highest BCUT2D eigenvalue weighted by molar-refractivity contribution is 6.03. The molecule has 1 rings (SSSR count). The highest BCUT2D eigenvalue weighted by Gasteiger charge is 2.06. The molecule has 0 saturated carbocycles. The second-order valence-corrected chi connectivity index (χ2v) is 2.59. The van der Waals surface area contributed by atoms with Crippen LogP contribution in [0.5, 0.6) is 0 Å². The van der Waals surface area contributed by atoms with Crippen molar-refractivity contribution >= 4 is 17.5 Å². The van der Waals surface area contributed by atoms with Crippen molar-refractivity contribution in [3.05, 3.63) is 29.8 Å². The van der Waals surface area contributed by atoms with E-state index in [2.05, 4.69) is 5.32 Å². The molecule has 0 spiro atoms. The zero-order valence-electron chi connectivity index (χ0n) is 7.20. The van der Waals surface area contributed by atoms with Crippen LogP contribution in [0.4, 0.5) is 10.5 Å². The molecule has 0 aliphatic heterocycles. The van der Waals surface area contributed by atoms with Gasteiger partial charge < -0.3 is 11.1 Å². The molecule has 4 nitrogen and oxygen atoms in total. The van der Waals surface area contributed by atoms with Crippen molar-refractivity contribution in [1.29, 1.82) is 0 Å². The topological polar surface area (TPSA) is 72.2 Å². The maximum atomic E-state index is 11.1. The van der Waals surface area contributed by atoms with E-state index >= 15 is 0 Å². The molecule has 0 unspecified atom stereocenters. The standard InChI is InChI=1S/C9H10N2O2/c1-6(12)7-4-2-3-5-8(7)11-9(10)13/h2-5H,1H3,(H3,10,11,13). The molecule has 4 heteroatoms. The number of amides is 2. The van der Waals surface area contributed by atoms with E-state index in [-0.39, 0.29) is 5.78 Å². The van der Waals surface area contributed by atoms with Crippen LogP contribution in [-0.2, 0) is 0 Å². The van der Waals surface area contributed by atoms with Crippen LogP contribution < -0.4 is 11.1 Å². The molecule has 1 aromatic rings. The molecular formula is C9H10N2O2. The number of hydrogen-bond donors (Lipinski definition) is 2. The number of urea groups is 1. The summed E-state index contributed by atoms with van der Waals surface area (Å²) >= 11 is 0. The number of hydrogen-bond acceptors (Lipinski definition) is 2. The van der Waals surface area contributed by atoms with E-state index in [4.69, 9.17) is 5.73 Å². The highest BCUT2D eigenvalue weighted by Crippen LogP contribution is 2.14. The fourth-order valence-corrected chi connectivity index (χ4v) is 1.03. The van der Waals surface area contributed by atoms with E-state index < -0.39 is 6.03 Å². The Morgan fingerprint density at radius 1 is 1.31 bits per heavy atom. The zero-order valence-corrected chi connectivity index (χ0v) is 7.20. The maximum absolute atomic E-state index is 11.1. The van der Waals surface area contributed by atoms with Crippen LogP contribution >= 0.6 is 0 Å². The summed E-state index contributed by atoms with van der Waals surface area (Å²) in [4.78, 5) is 21.6. The van der Waals surface area contributed by atoms with Crippen LogP contribution in [0.25, 0.3) is 0 Å². The molecule has 0 heterocycles. The average Bonchev–Trinajstić information content (AvgIpc) is 2.03. The summed E-state index contributed by atoms with van der Waals surface area (Å²) in [6.45, 7) is 1.43. The first kappa shape index (κ1) is 9.25. The summed E-state index contributed by atoms with van der Waals surface area (Å²) in [5.41, 5.74) is 5.84. The van der Waals surface area contributed by atoms with Crippen LogP contribution in [0.15, 0.2) is 24.3 Å². The number of anilines is 1. The number of carbonyl (C=O) groups excluding carboxylic acids is 2. The summed E-state index contributed by atoms with van der Waals surface area (Å²) in [6, 6.07) is 6.03. The van der Waals surface area contributed by atoms with E-state index in [1.165, 1.54) is 6.92 Å². The van der Waals surface area contributed by atoms with Crippen molar-refractivity contribution in [2.45, 2.75) is 6.92 Å². The summed E-state index contributed by atoms with van der Waals surface area (Å²) in [6.07, 6.45) is 0. The van der Waals surface area contributed by atoms with Gasteiger partial charge in [0.1, 0.15) is 0 Å². The van der Waals surface area contributed by atoms with E-state index in [9.17, 15) is 9.59 Å². The van der Waals surface area contributed by atoms with E-state index in [1.54, 1.807) is 24.3 Å². The lowest BCUT2D eigenvalue weighted by Gasteiger charge is -2.05. The third kappa shape index (κ3) is 2.30. The fraction of sp³-hybridized carbons (Fsp3) is 0.111. The smallest absolute Gasteiger partial charge is 0.316 e.